The van der Waals surface area contributed by atoms with E-state index in [-0.39, 0.29) is 11.2 Å². The molecule has 5 rings (SSSR count). The smallest absolute Gasteiger partial charge is 0.229 e. The summed E-state index contributed by atoms with van der Waals surface area (Å²) in [5, 5.41) is 11.0. The number of anilines is 3. The first-order chi connectivity index (χ1) is 14.0. The van der Waals surface area contributed by atoms with Gasteiger partial charge in [0.1, 0.15) is 5.82 Å². The molecule has 3 N–H and O–H groups in total. The molecule has 152 valence electrons. The topological polar surface area (TPSA) is 129 Å². The maximum atomic E-state index is 12.0. The minimum absolute atomic E-state index is 0.187. The van der Waals surface area contributed by atoms with E-state index in [1.807, 2.05) is 30.0 Å². The van der Waals surface area contributed by atoms with Gasteiger partial charge in [0.05, 0.1) is 10.6 Å². The van der Waals surface area contributed by atoms with Gasteiger partial charge in [-0.05, 0) is 31.9 Å². The third-order valence-electron chi connectivity index (χ3n) is 5.19. The molecular weight excluding hydrogens is 392 g/mol. The first kappa shape index (κ1) is 18.3. The summed E-state index contributed by atoms with van der Waals surface area (Å²) >= 11 is 0. The number of H-pyrrole nitrogens is 1. The number of hydrogen-bond donors (Lipinski definition) is 3. The Morgan fingerprint density at radius 3 is 2.83 bits per heavy atom. The zero-order chi connectivity index (χ0) is 20.0. The van der Waals surface area contributed by atoms with Crippen LogP contribution in [0.25, 0.3) is 11.0 Å². The molecule has 0 unspecified atom stereocenters. The molecule has 4 heterocycles. The van der Waals surface area contributed by atoms with Gasteiger partial charge in [0.25, 0.3) is 0 Å². The van der Waals surface area contributed by atoms with E-state index < -0.39 is 10.0 Å². The number of nitrogens with zero attached hydrogens (tertiary/aromatic N) is 5. The molecule has 29 heavy (non-hydrogen) atoms. The van der Waals surface area contributed by atoms with E-state index in [1.165, 1.54) is 0 Å². The quantitative estimate of drug-likeness (QED) is 0.528. The summed E-state index contributed by atoms with van der Waals surface area (Å²) in [6, 6.07) is 5.66. The lowest BCUT2D eigenvalue weighted by atomic mass is 10.0. The summed E-state index contributed by atoms with van der Waals surface area (Å²) in [6.45, 7) is 3.79. The molecule has 1 aliphatic heterocycles. The van der Waals surface area contributed by atoms with Gasteiger partial charge in [-0.2, -0.15) is 15.1 Å². The number of fused-ring (bicyclic) bond motifs is 1. The fourth-order valence-corrected chi connectivity index (χ4v) is 4.84. The van der Waals surface area contributed by atoms with Crippen molar-refractivity contribution < 1.29 is 8.42 Å². The molecule has 0 spiro atoms. The molecule has 3 aromatic rings. The average molecular weight is 414 g/mol. The molecule has 1 aliphatic carbocycles. The van der Waals surface area contributed by atoms with Crippen molar-refractivity contribution in [3.05, 3.63) is 30.1 Å². The minimum Gasteiger partial charge on any atom is -0.340 e. The Labute approximate surface area is 168 Å². The van der Waals surface area contributed by atoms with Crippen LogP contribution in [-0.2, 0) is 10.0 Å². The molecular formula is C18H22N8O2S. The predicted molar refractivity (Wildman–Crippen MR) is 110 cm³/mol. The molecule has 0 radical (unpaired) electrons. The van der Waals surface area contributed by atoms with Gasteiger partial charge in [0.15, 0.2) is 11.5 Å². The molecule has 11 heteroatoms. The lowest BCUT2D eigenvalue weighted by Gasteiger charge is -2.39. The van der Waals surface area contributed by atoms with Crippen LogP contribution in [0.5, 0.6) is 0 Å². The second kappa shape index (κ2) is 6.92. The summed E-state index contributed by atoms with van der Waals surface area (Å²) < 4.78 is 26.7. The number of nitrogens with one attached hydrogen (secondary N) is 3. The van der Waals surface area contributed by atoms with E-state index in [0.29, 0.717) is 42.9 Å². The number of aromatic amines is 1. The standard InChI is InChI=1S/C18H22N8O2S/c1-11-7-15(25-24-11)21-17-14-3-2-6-19-16(14)22-18(23-17)26-9-12(10-26)8-20-29(27,28)13-4-5-13/h2-3,6-7,12-13,20H,4-5,8-10H2,1H3,(H2,19,21,22,23,24,25). The van der Waals surface area contributed by atoms with Crippen molar-refractivity contribution in [3.63, 3.8) is 0 Å². The second-order valence-electron chi connectivity index (χ2n) is 7.67. The Hall–Kier alpha value is -2.79. The van der Waals surface area contributed by atoms with Crippen molar-refractivity contribution >= 4 is 38.6 Å². The van der Waals surface area contributed by atoms with Crippen LogP contribution in [0.15, 0.2) is 24.4 Å². The van der Waals surface area contributed by atoms with Crippen molar-refractivity contribution in [2.75, 3.05) is 29.9 Å². The number of aromatic nitrogens is 5. The minimum atomic E-state index is -3.14. The molecule has 3 aromatic heterocycles. The van der Waals surface area contributed by atoms with Crippen LogP contribution in [0.4, 0.5) is 17.6 Å². The van der Waals surface area contributed by atoms with Crippen molar-refractivity contribution in [2.45, 2.75) is 25.0 Å². The number of pyridine rings is 1. The van der Waals surface area contributed by atoms with Gasteiger partial charge in [-0.15, -0.1) is 0 Å². The first-order valence-electron chi connectivity index (χ1n) is 9.63. The molecule has 0 aromatic carbocycles. The number of rotatable bonds is 7. The van der Waals surface area contributed by atoms with Crippen LogP contribution in [-0.4, -0.2) is 58.5 Å². The third kappa shape index (κ3) is 3.75. The normalized spacial score (nSPS) is 17.5. The van der Waals surface area contributed by atoms with Crippen LogP contribution < -0.4 is 14.9 Å². The summed E-state index contributed by atoms with van der Waals surface area (Å²) in [6.07, 6.45) is 3.25. The van der Waals surface area contributed by atoms with Crippen LogP contribution >= 0.6 is 0 Å². The van der Waals surface area contributed by atoms with Crippen molar-refractivity contribution in [3.8, 4) is 0 Å². The molecule has 0 amide bonds. The first-order valence-corrected chi connectivity index (χ1v) is 11.2. The van der Waals surface area contributed by atoms with Crippen LogP contribution in [0.2, 0.25) is 0 Å². The SMILES string of the molecule is Cc1cc(Nc2nc(N3CC(CNS(=O)(=O)C4CC4)C3)nc3ncccc23)n[nH]1. The van der Waals surface area contributed by atoms with Crippen molar-refractivity contribution in [2.24, 2.45) is 5.92 Å². The Morgan fingerprint density at radius 2 is 2.10 bits per heavy atom. The fourth-order valence-electron chi connectivity index (χ4n) is 3.38. The highest BCUT2D eigenvalue weighted by Gasteiger charge is 2.37. The van der Waals surface area contributed by atoms with Crippen LogP contribution in [0.3, 0.4) is 0 Å². The molecule has 10 nitrogen and oxygen atoms in total. The maximum Gasteiger partial charge on any atom is 0.229 e. The molecule has 0 bridgehead atoms. The lowest BCUT2D eigenvalue weighted by Crippen LogP contribution is -2.52. The van der Waals surface area contributed by atoms with E-state index in [2.05, 4.69) is 35.2 Å². The fraction of sp³-hybridized carbons (Fsp3) is 0.444. The van der Waals surface area contributed by atoms with E-state index in [1.54, 1.807) is 6.20 Å². The van der Waals surface area contributed by atoms with Gasteiger partial charge < -0.3 is 10.2 Å². The number of aryl methyl sites for hydroxylation is 1. The van der Waals surface area contributed by atoms with Crippen molar-refractivity contribution in [1.82, 2.24) is 29.9 Å². The molecule has 1 saturated carbocycles. The largest absolute Gasteiger partial charge is 0.340 e. The maximum absolute atomic E-state index is 12.0. The third-order valence-corrected chi connectivity index (χ3v) is 7.11. The van der Waals surface area contributed by atoms with Crippen molar-refractivity contribution in [1.29, 1.82) is 0 Å². The predicted octanol–water partition coefficient (Wildman–Crippen LogP) is 1.32. The summed E-state index contributed by atoms with van der Waals surface area (Å²) in [7, 11) is -3.14. The van der Waals surface area contributed by atoms with E-state index in [0.717, 1.165) is 23.9 Å². The number of sulfonamides is 1. The molecule has 2 aliphatic rings. The van der Waals surface area contributed by atoms with Gasteiger partial charge in [-0.3, -0.25) is 5.10 Å². The monoisotopic (exact) mass is 414 g/mol. The van der Waals surface area contributed by atoms with Gasteiger partial charge in [0, 0.05) is 43.5 Å². The van der Waals surface area contributed by atoms with Gasteiger partial charge >= 0.3 is 0 Å². The summed E-state index contributed by atoms with van der Waals surface area (Å²) in [5.74, 6) is 2.14. The highest BCUT2D eigenvalue weighted by Crippen LogP contribution is 2.29. The van der Waals surface area contributed by atoms with Crippen LogP contribution in [0.1, 0.15) is 18.5 Å². The average Bonchev–Trinajstić information content (AvgIpc) is 3.45. The van der Waals surface area contributed by atoms with Crippen LogP contribution in [0, 0.1) is 12.8 Å². The molecule has 1 saturated heterocycles. The summed E-state index contributed by atoms with van der Waals surface area (Å²) in [5.41, 5.74) is 1.55. The highest BCUT2D eigenvalue weighted by molar-refractivity contribution is 7.90. The number of hydrogen-bond acceptors (Lipinski definition) is 8. The Bertz CT molecular complexity index is 1150. The molecule has 0 atom stereocenters. The van der Waals surface area contributed by atoms with Gasteiger partial charge in [0.2, 0.25) is 16.0 Å². The zero-order valence-electron chi connectivity index (χ0n) is 16.0. The Balaban J connectivity index is 1.31. The molecule has 2 fully saturated rings. The lowest BCUT2D eigenvalue weighted by molar-refractivity contribution is 0.400. The zero-order valence-corrected chi connectivity index (χ0v) is 16.8. The Kier molecular flexibility index (Phi) is 4.36. The van der Waals surface area contributed by atoms with E-state index >= 15 is 0 Å². The second-order valence-corrected chi connectivity index (χ2v) is 9.72. The Morgan fingerprint density at radius 1 is 1.28 bits per heavy atom. The van der Waals surface area contributed by atoms with E-state index in [4.69, 9.17) is 0 Å². The van der Waals surface area contributed by atoms with Gasteiger partial charge in [-0.1, -0.05) is 0 Å². The summed E-state index contributed by atoms with van der Waals surface area (Å²) in [4.78, 5) is 15.7. The van der Waals surface area contributed by atoms with Gasteiger partial charge in [-0.25, -0.2) is 18.1 Å². The highest BCUT2D eigenvalue weighted by atomic mass is 32.2. The van der Waals surface area contributed by atoms with E-state index in [9.17, 15) is 8.42 Å².